The molecule has 2 fully saturated rings. The number of hydrogen-bond donors (Lipinski definition) is 2. The molecule has 21 heavy (non-hydrogen) atoms. The first-order valence-corrected chi connectivity index (χ1v) is 7.83. The van der Waals surface area contributed by atoms with Crippen molar-refractivity contribution >= 4 is 17.3 Å². The van der Waals surface area contributed by atoms with Gasteiger partial charge in [-0.2, -0.15) is 0 Å². The Labute approximate surface area is 126 Å². The van der Waals surface area contributed by atoms with Gasteiger partial charge in [0.15, 0.2) is 0 Å². The summed E-state index contributed by atoms with van der Waals surface area (Å²) in [5.74, 6) is 0.747. The number of fused-ring (bicyclic) bond motifs is 1. The summed E-state index contributed by atoms with van der Waals surface area (Å²) in [6.07, 6.45) is 9.50. The Morgan fingerprint density at radius 2 is 2.19 bits per heavy atom. The first-order chi connectivity index (χ1) is 10.1. The zero-order valence-corrected chi connectivity index (χ0v) is 12.8. The van der Waals surface area contributed by atoms with Gasteiger partial charge in [0.2, 0.25) is 5.91 Å². The molecule has 1 aromatic rings. The van der Waals surface area contributed by atoms with Crippen molar-refractivity contribution < 1.29 is 4.79 Å². The number of hydrogen-bond acceptors (Lipinski definition) is 4. The number of nitrogens with zero attached hydrogens (tertiary/aromatic N) is 2. The molecule has 0 bridgehead atoms. The normalized spacial score (nSPS) is 28.0. The maximum atomic E-state index is 12.5. The van der Waals surface area contributed by atoms with Gasteiger partial charge >= 0.3 is 0 Å². The zero-order chi connectivity index (χ0) is 14.8. The number of aromatic nitrogens is 1. The topological polar surface area (TPSA) is 57.3 Å². The molecule has 2 heterocycles. The van der Waals surface area contributed by atoms with Crippen LogP contribution in [0.25, 0.3) is 0 Å². The first kappa shape index (κ1) is 14.3. The Morgan fingerprint density at radius 1 is 1.38 bits per heavy atom. The Bertz CT molecular complexity index is 503. The zero-order valence-electron chi connectivity index (χ0n) is 12.8. The van der Waals surface area contributed by atoms with E-state index in [0.29, 0.717) is 12.0 Å². The van der Waals surface area contributed by atoms with Crippen molar-refractivity contribution in [1.29, 1.82) is 0 Å². The van der Waals surface area contributed by atoms with Gasteiger partial charge in [-0.3, -0.25) is 9.78 Å². The highest BCUT2D eigenvalue weighted by molar-refractivity contribution is 5.97. The second kappa shape index (κ2) is 6.02. The summed E-state index contributed by atoms with van der Waals surface area (Å²) >= 11 is 0. The molecule has 3 rings (SSSR count). The highest BCUT2D eigenvalue weighted by atomic mass is 16.2. The highest BCUT2D eigenvalue weighted by Crippen LogP contribution is 2.33. The van der Waals surface area contributed by atoms with Gasteiger partial charge in [-0.1, -0.05) is 12.8 Å². The van der Waals surface area contributed by atoms with E-state index in [-0.39, 0.29) is 11.9 Å². The molecule has 2 N–H and O–H groups in total. The fraction of sp³-hybridized carbons (Fsp3) is 0.625. The van der Waals surface area contributed by atoms with Crippen LogP contribution in [0.15, 0.2) is 18.5 Å². The second-order valence-electron chi connectivity index (χ2n) is 6.38. The van der Waals surface area contributed by atoms with Gasteiger partial charge in [0.25, 0.3) is 0 Å². The summed E-state index contributed by atoms with van der Waals surface area (Å²) in [6, 6.07) is 2.39. The standard InChI is InChI=1S/C16H24N4O/c1-20(2)15-7-8-17-10-14(15)19-16(21)13-9-11-5-3-4-6-12(11)18-13/h7-8,10-13,18H,3-6,9H2,1-2H3,(H,19,21). The Kier molecular flexibility index (Phi) is 4.10. The maximum Gasteiger partial charge on any atom is 0.241 e. The summed E-state index contributed by atoms with van der Waals surface area (Å²) < 4.78 is 0. The number of carbonyl (C=O) groups excluding carboxylic acids is 1. The van der Waals surface area contributed by atoms with Crippen LogP contribution in [0.4, 0.5) is 11.4 Å². The van der Waals surface area contributed by atoms with E-state index >= 15 is 0 Å². The summed E-state index contributed by atoms with van der Waals surface area (Å²) in [6.45, 7) is 0. The van der Waals surface area contributed by atoms with E-state index in [1.54, 1.807) is 12.4 Å². The molecule has 1 saturated heterocycles. The second-order valence-corrected chi connectivity index (χ2v) is 6.38. The third-order valence-corrected chi connectivity index (χ3v) is 4.72. The quantitative estimate of drug-likeness (QED) is 0.893. The average molecular weight is 288 g/mol. The van der Waals surface area contributed by atoms with Crippen molar-refractivity contribution in [3.05, 3.63) is 18.5 Å². The molecule has 1 amide bonds. The van der Waals surface area contributed by atoms with Crippen LogP contribution < -0.4 is 15.5 Å². The highest BCUT2D eigenvalue weighted by Gasteiger charge is 2.38. The van der Waals surface area contributed by atoms with Crippen molar-refractivity contribution in [2.24, 2.45) is 5.92 Å². The van der Waals surface area contributed by atoms with Gasteiger partial charge in [-0.15, -0.1) is 0 Å². The lowest BCUT2D eigenvalue weighted by molar-refractivity contribution is -0.117. The monoisotopic (exact) mass is 288 g/mol. The summed E-state index contributed by atoms with van der Waals surface area (Å²) in [4.78, 5) is 18.6. The molecule has 1 aromatic heterocycles. The molecular weight excluding hydrogens is 264 g/mol. The molecule has 0 radical (unpaired) electrons. The Hall–Kier alpha value is -1.62. The van der Waals surface area contributed by atoms with Gasteiger partial charge in [0.1, 0.15) is 0 Å². The molecular formula is C16H24N4O. The van der Waals surface area contributed by atoms with Crippen LogP contribution in [0.2, 0.25) is 0 Å². The van der Waals surface area contributed by atoms with E-state index in [1.165, 1.54) is 25.7 Å². The fourth-order valence-electron chi connectivity index (χ4n) is 3.61. The maximum absolute atomic E-state index is 12.5. The molecule has 0 aromatic carbocycles. The molecule has 3 unspecified atom stereocenters. The lowest BCUT2D eigenvalue weighted by atomic mass is 9.85. The molecule has 1 saturated carbocycles. The van der Waals surface area contributed by atoms with Gasteiger partial charge in [-0.05, 0) is 31.2 Å². The SMILES string of the molecule is CN(C)c1ccncc1NC(=O)C1CC2CCCCC2N1. The number of amides is 1. The minimum atomic E-state index is -0.0617. The smallest absolute Gasteiger partial charge is 0.241 e. The molecule has 1 aliphatic carbocycles. The molecule has 5 heteroatoms. The number of carbonyl (C=O) groups is 1. The van der Waals surface area contributed by atoms with Crippen molar-refractivity contribution in [1.82, 2.24) is 10.3 Å². The fourth-order valence-corrected chi connectivity index (χ4v) is 3.61. The van der Waals surface area contributed by atoms with Gasteiger partial charge < -0.3 is 15.5 Å². The van der Waals surface area contributed by atoms with Crippen LogP contribution >= 0.6 is 0 Å². The number of anilines is 2. The third kappa shape index (κ3) is 3.02. The number of pyridine rings is 1. The van der Waals surface area contributed by atoms with Gasteiger partial charge in [0, 0.05) is 26.3 Å². The van der Waals surface area contributed by atoms with Gasteiger partial charge in [0.05, 0.1) is 23.6 Å². The molecule has 1 aliphatic heterocycles. The van der Waals surface area contributed by atoms with Crippen molar-refractivity contribution in [2.45, 2.75) is 44.2 Å². The van der Waals surface area contributed by atoms with Gasteiger partial charge in [-0.25, -0.2) is 0 Å². The predicted octanol–water partition coefficient (Wildman–Crippen LogP) is 2.01. The van der Waals surface area contributed by atoms with Crippen LogP contribution in [0.1, 0.15) is 32.1 Å². The van der Waals surface area contributed by atoms with Crippen LogP contribution in [-0.4, -0.2) is 37.1 Å². The Balaban J connectivity index is 1.67. The molecule has 3 atom stereocenters. The van der Waals surface area contributed by atoms with E-state index in [1.807, 2.05) is 25.1 Å². The minimum Gasteiger partial charge on any atom is -0.376 e. The Morgan fingerprint density at radius 3 is 2.95 bits per heavy atom. The average Bonchev–Trinajstić information content (AvgIpc) is 2.91. The van der Waals surface area contributed by atoms with Crippen LogP contribution in [0.3, 0.4) is 0 Å². The van der Waals surface area contributed by atoms with E-state index in [9.17, 15) is 4.79 Å². The molecule has 5 nitrogen and oxygen atoms in total. The van der Waals surface area contributed by atoms with Crippen LogP contribution in [-0.2, 0) is 4.79 Å². The van der Waals surface area contributed by atoms with E-state index in [2.05, 4.69) is 15.6 Å². The largest absolute Gasteiger partial charge is 0.376 e. The summed E-state index contributed by atoms with van der Waals surface area (Å²) in [5, 5.41) is 6.55. The lowest BCUT2D eigenvalue weighted by Crippen LogP contribution is -2.40. The van der Waals surface area contributed by atoms with E-state index in [4.69, 9.17) is 0 Å². The number of nitrogens with one attached hydrogen (secondary N) is 2. The lowest BCUT2D eigenvalue weighted by Gasteiger charge is -2.24. The van der Waals surface area contributed by atoms with Crippen LogP contribution in [0.5, 0.6) is 0 Å². The molecule has 2 aliphatic rings. The summed E-state index contributed by atoms with van der Waals surface area (Å²) in [5.41, 5.74) is 1.76. The van der Waals surface area contributed by atoms with Crippen molar-refractivity contribution in [3.63, 3.8) is 0 Å². The van der Waals surface area contributed by atoms with E-state index in [0.717, 1.165) is 17.8 Å². The van der Waals surface area contributed by atoms with Crippen molar-refractivity contribution in [2.75, 3.05) is 24.3 Å². The molecule has 0 spiro atoms. The molecule has 114 valence electrons. The minimum absolute atomic E-state index is 0.0617. The van der Waals surface area contributed by atoms with Crippen molar-refractivity contribution in [3.8, 4) is 0 Å². The summed E-state index contributed by atoms with van der Waals surface area (Å²) in [7, 11) is 3.93. The van der Waals surface area contributed by atoms with Crippen LogP contribution in [0, 0.1) is 5.92 Å². The first-order valence-electron chi connectivity index (χ1n) is 7.83. The predicted molar refractivity (Wildman–Crippen MR) is 84.5 cm³/mol. The third-order valence-electron chi connectivity index (χ3n) is 4.72. The van der Waals surface area contributed by atoms with E-state index < -0.39 is 0 Å². The number of rotatable bonds is 3.